The molecule has 1 aromatic carbocycles. The fraction of sp³-hybridized carbons (Fsp3) is 0.476. The fourth-order valence-electron chi connectivity index (χ4n) is 4.38. The molecule has 4 rings (SSSR count). The number of benzene rings is 1. The first-order chi connectivity index (χ1) is 13.0. The van der Waals surface area contributed by atoms with Crippen molar-refractivity contribution in [2.75, 3.05) is 0 Å². The molecule has 2 saturated heterocycles. The standard InChI is InChI=1S/C21H25N3O3/c1-15-10-11-22-19(23-15)21(26)12-17-8-5-9-18(13-21)24(17)20(25)27-14-16-6-3-2-4-7-16/h2-4,6-7,10-11,17-18,26H,5,8-9,12-14H2,1H3. The third-order valence-electron chi connectivity index (χ3n) is 5.64. The number of aryl methyl sites for hydroxylation is 1. The van der Waals surface area contributed by atoms with E-state index in [0.29, 0.717) is 18.7 Å². The lowest BCUT2D eigenvalue weighted by Gasteiger charge is -2.50. The monoisotopic (exact) mass is 367 g/mol. The van der Waals surface area contributed by atoms with Crippen molar-refractivity contribution in [3.8, 4) is 0 Å². The second-order valence-corrected chi connectivity index (χ2v) is 7.65. The van der Waals surface area contributed by atoms with Gasteiger partial charge in [-0.1, -0.05) is 30.3 Å². The third kappa shape index (κ3) is 3.67. The Hall–Kier alpha value is -2.47. The molecule has 2 aliphatic rings. The maximum Gasteiger partial charge on any atom is 0.410 e. The van der Waals surface area contributed by atoms with Crippen molar-refractivity contribution in [3.05, 3.63) is 59.7 Å². The second kappa shape index (κ2) is 7.27. The van der Waals surface area contributed by atoms with Crippen LogP contribution in [0.1, 0.15) is 49.2 Å². The van der Waals surface area contributed by atoms with Gasteiger partial charge in [-0.3, -0.25) is 0 Å². The van der Waals surface area contributed by atoms with Crippen molar-refractivity contribution in [3.63, 3.8) is 0 Å². The maximum atomic E-state index is 12.8. The molecule has 0 spiro atoms. The molecule has 2 unspecified atom stereocenters. The Morgan fingerprint density at radius 2 is 1.93 bits per heavy atom. The van der Waals surface area contributed by atoms with E-state index in [1.54, 1.807) is 6.20 Å². The summed E-state index contributed by atoms with van der Waals surface area (Å²) in [5.41, 5.74) is 0.721. The zero-order valence-electron chi connectivity index (χ0n) is 15.5. The van der Waals surface area contributed by atoms with Crippen molar-refractivity contribution in [1.29, 1.82) is 0 Å². The van der Waals surface area contributed by atoms with E-state index in [2.05, 4.69) is 9.97 Å². The van der Waals surface area contributed by atoms with Crippen LogP contribution in [0.3, 0.4) is 0 Å². The van der Waals surface area contributed by atoms with Gasteiger partial charge in [-0.25, -0.2) is 14.8 Å². The summed E-state index contributed by atoms with van der Waals surface area (Å²) < 4.78 is 5.57. The van der Waals surface area contributed by atoms with Crippen LogP contribution in [-0.2, 0) is 16.9 Å². The zero-order chi connectivity index (χ0) is 18.9. The minimum absolute atomic E-state index is 0.0464. The highest BCUT2D eigenvalue weighted by atomic mass is 16.6. The van der Waals surface area contributed by atoms with Crippen molar-refractivity contribution < 1.29 is 14.6 Å². The fourth-order valence-corrected chi connectivity index (χ4v) is 4.38. The first-order valence-electron chi connectivity index (χ1n) is 9.57. The number of aromatic nitrogens is 2. The van der Waals surface area contributed by atoms with Crippen LogP contribution >= 0.6 is 0 Å². The van der Waals surface area contributed by atoms with Crippen LogP contribution in [0, 0.1) is 6.92 Å². The molecule has 0 saturated carbocycles. The number of carbonyl (C=O) groups is 1. The average molecular weight is 367 g/mol. The van der Waals surface area contributed by atoms with Crippen LogP contribution < -0.4 is 0 Å². The molecule has 0 aliphatic carbocycles. The van der Waals surface area contributed by atoms with Crippen LogP contribution in [0.15, 0.2) is 42.6 Å². The van der Waals surface area contributed by atoms with Crippen molar-refractivity contribution in [1.82, 2.24) is 14.9 Å². The van der Waals surface area contributed by atoms with Gasteiger partial charge in [0.25, 0.3) is 0 Å². The summed E-state index contributed by atoms with van der Waals surface area (Å²) >= 11 is 0. The number of hydrogen-bond acceptors (Lipinski definition) is 5. The molecule has 2 aliphatic heterocycles. The third-order valence-corrected chi connectivity index (χ3v) is 5.64. The summed E-state index contributed by atoms with van der Waals surface area (Å²) in [6, 6.07) is 11.4. The van der Waals surface area contributed by atoms with E-state index < -0.39 is 5.60 Å². The topological polar surface area (TPSA) is 75.6 Å². The number of piperidine rings is 2. The summed E-state index contributed by atoms with van der Waals surface area (Å²) in [6.07, 6.45) is 5.09. The lowest BCUT2D eigenvalue weighted by atomic mass is 9.75. The lowest BCUT2D eigenvalue weighted by molar-refractivity contribution is -0.0943. The van der Waals surface area contributed by atoms with E-state index in [0.717, 1.165) is 30.5 Å². The highest BCUT2D eigenvalue weighted by Crippen LogP contribution is 2.43. The van der Waals surface area contributed by atoms with E-state index in [1.807, 2.05) is 48.2 Å². The highest BCUT2D eigenvalue weighted by Gasteiger charge is 2.50. The normalized spacial score (nSPS) is 27.3. The Labute approximate surface area is 159 Å². The minimum atomic E-state index is -1.09. The van der Waals surface area contributed by atoms with Crippen molar-refractivity contribution in [2.24, 2.45) is 0 Å². The number of amides is 1. The molecule has 1 aromatic heterocycles. The van der Waals surface area contributed by atoms with Gasteiger partial charge in [-0.15, -0.1) is 0 Å². The Morgan fingerprint density at radius 3 is 2.59 bits per heavy atom. The molecule has 6 heteroatoms. The number of nitrogens with zero attached hydrogens (tertiary/aromatic N) is 3. The van der Waals surface area contributed by atoms with Crippen molar-refractivity contribution in [2.45, 2.75) is 63.3 Å². The number of rotatable bonds is 3. The molecule has 1 amide bonds. The SMILES string of the molecule is Cc1ccnc(C2(O)CC3CCCC(C2)N3C(=O)OCc2ccccc2)n1. The van der Waals surface area contributed by atoms with Crippen LogP contribution in [0.5, 0.6) is 0 Å². The van der Waals surface area contributed by atoms with Crippen LogP contribution in [-0.4, -0.2) is 38.2 Å². The largest absolute Gasteiger partial charge is 0.445 e. The van der Waals surface area contributed by atoms with Gasteiger partial charge >= 0.3 is 6.09 Å². The summed E-state index contributed by atoms with van der Waals surface area (Å²) in [4.78, 5) is 23.4. The summed E-state index contributed by atoms with van der Waals surface area (Å²) in [6.45, 7) is 2.16. The predicted molar refractivity (Wildman–Crippen MR) is 99.8 cm³/mol. The van der Waals surface area contributed by atoms with Gasteiger partial charge in [0, 0.05) is 36.8 Å². The molecule has 142 valence electrons. The molecule has 3 heterocycles. The molecular formula is C21H25N3O3. The Morgan fingerprint density at radius 1 is 1.22 bits per heavy atom. The molecule has 0 radical (unpaired) electrons. The molecule has 27 heavy (non-hydrogen) atoms. The Bertz CT molecular complexity index is 797. The van der Waals surface area contributed by atoms with Crippen LogP contribution in [0.4, 0.5) is 4.79 Å². The Balaban J connectivity index is 1.49. The van der Waals surface area contributed by atoms with Crippen LogP contribution in [0.25, 0.3) is 0 Å². The van der Waals surface area contributed by atoms with Gasteiger partial charge in [0.1, 0.15) is 12.2 Å². The zero-order valence-corrected chi connectivity index (χ0v) is 15.5. The van der Waals surface area contributed by atoms with Gasteiger partial charge in [0.2, 0.25) is 0 Å². The molecule has 2 aromatic rings. The molecule has 2 atom stereocenters. The molecule has 1 N–H and O–H groups in total. The summed E-state index contributed by atoms with van der Waals surface area (Å²) in [5, 5.41) is 11.3. The van der Waals surface area contributed by atoms with E-state index in [-0.39, 0.29) is 24.8 Å². The highest BCUT2D eigenvalue weighted by molar-refractivity contribution is 5.69. The maximum absolute atomic E-state index is 12.8. The van der Waals surface area contributed by atoms with Gasteiger partial charge in [-0.05, 0) is 37.8 Å². The molecule has 2 fully saturated rings. The summed E-state index contributed by atoms with van der Waals surface area (Å²) in [5.74, 6) is 0.469. The lowest BCUT2D eigenvalue weighted by Crippen LogP contribution is -2.59. The van der Waals surface area contributed by atoms with Gasteiger partial charge in [0.05, 0.1) is 0 Å². The van der Waals surface area contributed by atoms with Gasteiger partial charge in [0.15, 0.2) is 5.82 Å². The van der Waals surface area contributed by atoms with Crippen LogP contribution in [0.2, 0.25) is 0 Å². The Kier molecular flexibility index (Phi) is 4.83. The molecular weight excluding hydrogens is 342 g/mol. The quantitative estimate of drug-likeness (QED) is 0.901. The predicted octanol–water partition coefficient (Wildman–Crippen LogP) is 3.33. The first-order valence-corrected chi connectivity index (χ1v) is 9.57. The number of aliphatic hydroxyl groups is 1. The molecule has 2 bridgehead atoms. The van der Waals surface area contributed by atoms with Crippen molar-refractivity contribution >= 4 is 6.09 Å². The number of hydrogen-bond donors (Lipinski definition) is 1. The average Bonchev–Trinajstić information content (AvgIpc) is 2.66. The second-order valence-electron chi connectivity index (χ2n) is 7.65. The van der Waals surface area contributed by atoms with E-state index in [4.69, 9.17) is 4.74 Å². The van der Waals surface area contributed by atoms with Gasteiger partial charge < -0.3 is 14.7 Å². The van der Waals surface area contributed by atoms with E-state index in [9.17, 15) is 9.90 Å². The minimum Gasteiger partial charge on any atom is -0.445 e. The summed E-state index contributed by atoms with van der Waals surface area (Å²) in [7, 11) is 0. The van der Waals surface area contributed by atoms with Gasteiger partial charge in [-0.2, -0.15) is 0 Å². The number of ether oxygens (including phenoxy) is 1. The van der Waals surface area contributed by atoms with E-state index >= 15 is 0 Å². The first kappa shape index (κ1) is 17.9. The number of carbonyl (C=O) groups excluding carboxylic acids is 1. The molecule has 6 nitrogen and oxygen atoms in total. The number of fused-ring (bicyclic) bond motifs is 2. The van der Waals surface area contributed by atoms with E-state index in [1.165, 1.54) is 0 Å². The smallest absolute Gasteiger partial charge is 0.410 e.